The fourth-order valence-electron chi connectivity index (χ4n) is 3.84. The maximum atomic E-state index is 12.5. The number of nitrogens with one attached hydrogen (secondary N) is 1. The summed E-state index contributed by atoms with van der Waals surface area (Å²) in [6.45, 7) is 7.71. The Kier molecular flexibility index (Phi) is 5.23. The molecule has 1 N–H and O–H groups in total. The number of carbonyl (C=O) groups excluding carboxylic acids is 1. The first-order valence-electron chi connectivity index (χ1n) is 8.79. The second-order valence-corrected chi connectivity index (χ2v) is 6.89. The topological polar surface area (TPSA) is 59.4 Å². The number of rotatable bonds is 5. The molecular weight excluding hydrogens is 304 g/mol. The molecule has 1 fully saturated rings. The summed E-state index contributed by atoms with van der Waals surface area (Å²) < 4.78 is 7.07. The minimum atomic E-state index is 0.0489. The lowest BCUT2D eigenvalue weighted by Gasteiger charge is -2.17. The molecule has 3 rings (SSSR count). The standard InChI is InChI=1S/C18H28N4O2/c1-13-17(14(2)22(20-13)8-9-24-3)10-19-18(23)21-11-15-6-4-5-7-16(15)12-21/h4-5,15-16H,6-12H2,1-3H3,(H,19,23)/t15-,16-/m1/s1. The maximum absolute atomic E-state index is 12.5. The Morgan fingerprint density at radius 3 is 2.58 bits per heavy atom. The second kappa shape index (κ2) is 7.38. The highest BCUT2D eigenvalue weighted by Crippen LogP contribution is 2.32. The number of ether oxygens (including phenoxy) is 1. The lowest BCUT2D eigenvalue weighted by atomic mass is 9.86. The van der Waals surface area contributed by atoms with Gasteiger partial charge in [0, 0.05) is 38.0 Å². The van der Waals surface area contributed by atoms with Crippen LogP contribution < -0.4 is 5.32 Å². The predicted molar refractivity (Wildman–Crippen MR) is 92.7 cm³/mol. The monoisotopic (exact) mass is 332 g/mol. The van der Waals surface area contributed by atoms with Crippen molar-refractivity contribution in [1.82, 2.24) is 20.0 Å². The van der Waals surface area contributed by atoms with Crippen LogP contribution in [0, 0.1) is 25.7 Å². The van der Waals surface area contributed by atoms with Crippen molar-refractivity contribution in [1.29, 1.82) is 0 Å². The van der Waals surface area contributed by atoms with E-state index in [0.29, 0.717) is 25.0 Å². The quantitative estimate of drug-likeness (QED) is 0.842. The Morgan fingerprint density at radius 2 is 1.96 bits per heavy atom. The van der Waals surface area contributed by atoms with Crippen LogP contribution in [0.1, 0.15) is 29.8 Å². The Morgan fingerprint density at radius 1 is 1.29 bits per heavy atom. The van der Waals surface area contributed by atoms with Crippen molar-refractivity contribution >= 4 is 6.03 Å². The largest absolute Gasteiger partial charge is 0.383 e. The predicted octanol–water partition coefficient (Wildman–Crippen LogP) is 2.25. The molecule has 0 bridgehead atoms. The molecule has 0 spiro atoms. The molecule has 1 saturated heterocycles. The van der Waals surface area contributed by atoms with Gasteiger partial charge in [0.25, 0.3) is 0 Å². The first-order valence-corrected chi connectivity index (χ1v) is 8.79. The zero-order chi connectivity index (χ0) is 17.1. The molecule has 2 amide bonds. The summed E-state index contributed by atoms with van der Waals surface area (Å²) in [5.41, 5.74) is 3.19. The molecule has 2 heterocycles. The van der Waals surface area contributed by atoms with Crippen molar-refractivity contribution in [3.63, 3.8) is 0 Å². The highest BCUT2D eigenvalue weighted by Gasteiger charge is 2.35. The molecule has 132 valence electrons. The lowest BCUT2D eigenvalue weighted by molar-refractivity contribution is 0.182. The molecule has 1 aromatic heterocycles. The number of hydrogen-bond donors (Lipinski definition) is 1. The van der Waals surface area contributed by atoms with Crippen molar-refractivity contribution in [2.75, 3.05) is 26.8 Å². The Balaban J connectivity index is 1.56. The van der Waals surface area contributed by atoms with Gasteiger partial charge in [0.2, 0.25) is 0 Å². The van der Waals surface area contributed by atoms with Gasteiger partial charge in [0.05, 0.1) is 18.8 Å². The number of aryl methyl sites for hydroxylation is 1. The Bertz CT molecular complexity index is 607. The third-order valence-electron chi connectivity index (χ3n) is 5.36. The number of likely N-dealkylation sites (tertiary alicyclic amines) is 1. The van der Waals surface area contributed by atoms with Gasteiger partial charge in [-0.1, -0.05) is 12.2 Å². The van der Waals surface area contributed by atoms with Crippen molar-refractivity contribution in [2.45, 2.75) is 39.8 Å². The lowest BCUT2D eigenvalue weighted by Crippen LogP contribution is -2.38. The van der Waals surface area contributed by atoms with Gasteiger partial charge in [-0.05, 0) is 38.5 Å². The van der Waals surface area contributed by atoms with E-state index in [1.54, 1.807) is 7.11 Å². The normalized spacial score (nSPS) is 22.7. The van der Waals surface area contributed by atoms with Gasteiger partial charge in [-0.25, -0.2) is 4.79 Å². The van der Waals surface area contributed by atoms with Crippen LogP contribution in [0.5, 0.6) is 0 Å². The summed E-state index contributed by atoms with van der Waals surface area (Å²) in [6.07, 6.45) is 6.73. The number of carbonyl (C=O) groups is 1. The van der Waals surface area contributed by atoms with Crippen LogP contribution in [-0.4, -0.2) is 47.5 Å². The number of allylic oxidation sites excluding steroid dienone is 2. The zero-order valence-electron chi connectivity index (χ0n) is 14.9. The Hall–Kier alpha value is -1.82. The fourth-order valence-corrected chi connectivity index (χ4v) is 3.84. The van der Waals surface area contributed by atoms with E-state index < -0.39 is 0 Å². The van der Waals surface area contributed by atoms with E-state index in [0.717, 1.165) is 49.4 Å². The number of aromatic nitrogens is 2. The van der Waals surface area contributed by atoms with Gasteiger partial charge >= 0.3 is 6.03 Å². The molecule has 0 unspecified atom stereocenters. The van der Waals surface area contributed by atoms with Crippen molar-refractivity contribution in [2.24, 2.45) is 11.8 Å². The number of hydrogen-bond acceptors (Lipinski definition) is 3. The summed E-state index contributed by atoms with van der Waals surface area (Å²) in [7, 11) is 1.69. The van der Waals surface area contributed by atoms with E-state index in [1.165, 1.54) is 0 Å². The maximum Gasteiger partial charge on any atom is 0.317 e. The van der Waals surface area contributed by atoms with Gasteiger partial charge in [-0.15, -0.1) is 0 Å². The number of fused-ring (bicyclic) bond motifs is 1. The summed E-state index contributed by atoms with van der Waals surface area (Å²) >= 11 is 0. The highest BCUT2D eigenvalue weighted by atomic mass is 16.5. The first kappa shape index (κ1) is 17.0. The Labute approximate surface area is 143 Å². The molecule has 0 saturated carbocycles. The molecule has 1 aromatic rings. The van der Waals surface area contributed by atoms with Crippen LogP contribution in [0.25, 0.3) is 0 Å². The van der Waals surface area contributed by atoms with Gasteiger partial charge < -0.3 is 15.0 Å². The number of amides is 2. The van der Waals surface area contributed by atoms with Gasteiger partial charge in [-0.2, -0.15) is 5.10 Å². The van der Waals surface area contributed by atoms with E-state index >= 15 is 0 Å². The molecular formula is C18H28N4O2. The van der Waals surface area contributed by atoms with Gasteiger partial charge in [0.15, 0.2) is 0 Å². The third-order valence-corrected chi connectivity index (χ3v) is 5.36. The van der Waals surface area contributed by atoms with E-state index in [1.807, 2.05) is 23.4 Å². The minimum absolute atomic E-state index is 0.0489. The summed E-state index contributed by atoms with van der Waals surface area (Å²) in [5.74, 6) is 1.28. The van der Waals surface area contributed by atoms with E-state index in [4.69, 9.17) is 4.74 Å². The minimum Gasteiger partial charge on any atom is -0.383 e. The molecule has 1 aliphatic heterocycles. The van der Waals surface area contributed by atoms with Gasteiger partial charge in [-0.3, -0.25) is 4.68 Å². The van der Waals surface area contributed by atoms with Crippen molar-refractivity contribution in [3.8, 4) is 0 Å². The SMILES string of the molecule is COCCn1nc(C)c(CNC(=O)N2C[C@H]3CC=CC[C@@H]3C2)c1C. The molecule has 6 nitrogen and oxygen atoms in total. The second-order valence-electron chi connectivity index (χ2n) is 6.89. The van der Waals surface area contributed by atoms with Crippen molar-refractivity contribution < 1.29 is 9.53 Å². The zero-order valence-corrected chi connectivity index (χ0v) is 14.9. The van der Waals surface area contributed by atoms with Crippen LogP contribution in [0.4, 0.5) is 4.79 Å². The van der Waals surface area contributed by atoms with E-state index in [2.05, 4.69) is 22.6 Å². The summed E-state index contributed by atoms with van der Waals surface area (Å²) in [5, 5.41) is 7.63. The third kappa shape index (κ3) is 3.48. The molecule has 6 heteroatoms. The van der Waals surface area contributed by atoms with Crippen LogP contribution in [0.3, 0.4) is 0 Å². The van der Waals surface area contributed by atoms with Crippen LogP contribution in [-0.2, 0) is 17.8 Å². The van der Waals surface area contributed by atoms with E-state index in [-0.39, 0.29) is 6.03 Å². The average molecular weight is 332 g/mol. The smallest absolute Gasteiger partial charge is 0.317 e. The van der Waals surface area contributed by atoms with E-state index in [9.17, 15) is 4.79 Å². The summed E-state index contributed by atoms with van der Waals surface area (Å²) in [6, 6.07) is 0.0489. The average Bonchev–Trinajstić information content (AvgIpc) is 3.12. The van der Waals surface area contributed by atoms with Gasteiger partial charge in [0.1, 0.15) is 0 Å². The van der Waals surface area contributed by atoms with Crippen molar-refractivity contribution in [3.05, 3.63) is 29.1 Å². The van der Waals surface area contributed by atoms with Crippen LogP contribution in [0.15, 0.2) is 12.2 Å². The van der Waals surface area contributed by atoms with Crippen LogP contribution >= 0.6 is 0 Å². The number of urea groups is 1. The first-order chi connectivity index (χ1) is 11.6. The molecule has 24 heavy (non-hydrogen) atoms. The number of nitrogens with zero attached hydrogens (tertiary/aromatic N) is 3. The summed E-state index contributed by atoms with van der Waals surface area (Å²) in [4.78, 5) is 14.5. The number of methoxy groups -OCH3 is 1. The van der Waals surface area contributed by atoms with Crippen LogP contribution in [0.2, 0.25) is 0 Å². The highest BCUT2D eigenvalue weighted by molar-refractivity contribution is 5.74. The molecule has 0 radical (unpaired) electrons. The molecule has 2 atom stereocenters. The molecule has 0 aromatic carbocycles. The molecule has 2 aliphatic rings. The molecule has 1 aliphatic carbocycles. The fraction of sp³-hybridized carbons (Fsp3) is 0.667.